The first-order valence-corrected chi connectivity index (χ1v) is 4.85. The summed E-state index contributed by atoms with van der Waals surface area (Å²) in [6.45, 7) is 0. The summed E-state index contributed by atoms with van der Waals surface area (Å²) in [6.07, 6.45) is 0. The first-order valence-electron chi connectivity index (χ1n) is 3.97. The average molecular weight is 209 g/mol. The van der Waals surface area contributed by atoms with Gasteiger partial charge in [0.25, 0.3) is 5.24 Å². The summed E-state index contributed by atoms with van der Waals surface area (Å²) < 4.78 is 0. The molecule has 1 aromatic rings. The molecule has 1 aromatic carbocycles. The molecule has 0 unspecified atom stereocenters. The van der Waals surface area contributed by atoms with Crippen LogP contribution in [-0.4, -0.2) is 16.3 Å². The smallest absolute Gasteiger partial charge is 0.286 e. The highest BCUT2D eigenvalue weighted by atomic mass is 32.2. The van der Waals surface area contributed by atoms with Crippen LogP contribution in [0, 0.1) is 0 Å². The van der Waals surface area contributed by atoms with Gasteiger partial charge in [-0.1, -0.05) is 12.1 Å². The maximum absolute atomic E-state index is 11.3. The zero-order valence-corrected chi connectivity index (χ0v) is 7.88. The third kappa shape index (κ3) is 1.58. The second-order valence-corrected chi connectivity index (χ2v) is 3.95. The normalized spacial score (nSPS) is 21.0. The van der Waals surface area contributed by atoms with E-state index in [2.05, 4.69) is 5.32 Å². The number of nitrogens with one attached hydrogen (secondary N) is 1. The molecule has 72 valence electrons. The predicted molar refractivity (Wildman–Crippen MR) is 52.0 cm³/mol. The molecule has 0 aliphatic carbocycles. The van der Waals surface area contributed by atoms with Gasteiger partial charge >= 0.3 is 0 Å². The fraction of sp³-hybridized carbons (Fsp3) is 0.111. The molecule has 1 aliphatic rings. The number of benzene rings is 1. The molecule has 14 heavy (non-hydrogen) atoms. The number of thioether (sulfide) groups is 1. The molecule has 2 N–H and O–H groups in total. The van der Waals surface area contributed by atoms with Crippen molar-refractivity contribution in [3.05, 3.63) is 29.8 Å². The van der Waals surface area contributed by atoms with Crippen LogP contribution in [-0.2, 0) is 4.79 Å². The van der Waals surface area contributed by atoms with Crippen molar-refractivity contribution in [2.24, 2.45) is 0 Å². The Morgan fingerprint density at radius 3 is 2.71 bits per heavy atom. The minimum absolute atomic E-state index is 0.0928. The summed E-state index contributed by atoms with van der Waals surface area (Å²) in [4.78, 5) is 22.2. The van der Waals surface area contributed by atoms with Crippen molar-refractivity contribution in [1.82, 2.24) is 5.32 Å². The van der Waals surface area contributed by atoms with E-state index in [4.69, 9.17) is 0 Å². The molecule has 5 heteroatoms. The Morgan fingerprint density at radius 1 is 1.36 bits per heavy atom. The highest BCUT2D eigenvalue weighted by molar-refractivity contribution is 8.15. The predicted octanol–water partition coefficient (Wildman–Crippen LogP) is 1.42. The van der Waals surface area contributed by atoms with Crippen molar-refractivity contribution in [1.29, 1.82) is 0 Å². The van der Waals surface area contributed by atoms with Crippen LogP contribution in [0.1, 0.15) is 10.8 Å². The monoisotopic (exact) mass is 209 g/mol. The Labute approximate surface area is 84.3 Å². The van der Waals surface area contributed by atoms with Crippen LogP contribution >= 0.6 is 11.8 Å². The third-order valence-electron chi connectivity index (χ3n) is 1.86. The molecule has 0 radical (unpaired) electrons. The average Bonchev–Trinajstić information content (AvgIpc) is 2.45. The molecule has 0 bridgehead atoms. The van der Waals surface area contributed by atoms with Gasteiger partial charge in [-0.2, -0.15) is 0 Å². The first kappa shape index (κ1) is 9.08. The minimum atomic E-state index is -0.533. The second kappa shape index (κ2) is 3.34. The molecular weight excluding hydrogens is 202 g/mol. The van der Waals surface area contributed by atoms with Gasteiger partial charge in [0.05, 0.1) is 0 Å². The summed E-state index contributed by atoms with van der Waals surface area (Å²) in [5.41, 5.74) is 0.637. The molecule has 0 aromatic heterocycles. The van der Waals surface area contributed by atoms with E-state index in [1.165, 1.54) is 12.1 Å². The number of carbonyl (C=O) groups is 2. The Kier molecular flexibility index (Phi) is 2.17. The Balaban J connectivity index is 2.31. The second-order valence-electron chi connectivity index (χ2n) is 2.87. The van der Waals surface area contributed by atoms with Gasteiger partial charge in [0, 0.05) is 0 Å². The van der Waals surface area contributed by atoms with E-state index in [-0.39, 0.29) is 16.9 Å². The third-order valence-corrected chi connectivity index (χ3v) is 2.90. The van der Waals surface area contributed by atoms with Crippen LogP contribution in [0.2, 0.25) is 0 Å². The van der Waals surface area contributed by atoms with Gasteiger partial charge in [-0.25, -0.2) is 0 Å². The number of rotatable bonds is 1. The molecule has 0 spiro atoms. The first-order chi connectivity index (χ1) is 6.66. The minimum Gasteiger partial charge on any atom is -0.508 e. The highest BCUT2D eigenvalue weighted by Gasteiger charge is 2.32. The SMILES string of the molecule is O=C1NC(=O)[C@H](c2cccc(O)c2)S1. The van der Waals surface area contributed by atoms with E-state index in [0.29, 0.717) is 5.56 Å². The van der Waals surface area contributed by atoms with E-state index >= 15 is 0 Å². The van der Waals surface area contributed by atoms with Crippen molar-refractivity contribution in [3.63, 3.8) is 0 Å². The summed E-state index contributed by atoms with van der Waals surface area (Å²) in [6, 6.07) is 6.34. The van der Waals surface area contributed by atoms with Gasteiger partial charge < -0.3 is 5.11 Å². The molecule has 1 atom stereocenters. The van der Waals surface area contributed by atoms with Gasteiger partial charge in [0.1, 0.15) is 11.0 Å². The van der Waals surface area contributed by atoms with Crippen LogP contribution in [0.3, 0.4) is 0 Å². The van der Waals surface area contributed by atoms with Crippen LogP contribution in [0.15, 0.2) is 24.3 Å². The zero-order valence-electron chi connectivity index (χ0n) is 7.06. The molecule has 0 saturated carbocycles. The summed E-state index contributed by atoms with van der Waals surface area (Å²) in [7, 11) is 0. The van der Waals surface area contributed by atoms with Crippen LogP contribution in [0.25, 0.3) is 0 Å². The fourth-order valence-electron chi connectivity index (χ4n) is 1.26. The van der Waals surface area contributed by atoms with Gasteiger partial charge in [-0.15, -0.1) is 0 Å². The quantitative estimate of drug-likeness (QED) is 0.734. The standard InChI is InChI=1S/C9H7NO3S/c11-6-3-1-2-5(4-6)7-8(12)10-9(13)14-7/h1-4,7,11H,(H,10,12,13)/t7-/m0/s1. The molecule has 1 heterocycles. The topological polar surface area (TPSA) is 66.4 Å². The number of hydrogen-bond donors (Lipinski definition) is 2. The molecule has 1 fully saturated rings. The molecule has 1 saturated heterocycles. The number of phenolic OH excluding ortho intramolecular Hbond substituents is 1. The largest absolute Gasteiger partial charge is 0.508 e. The van der Waals surface area contributed by atoms with Gasteiger partial charge in [0.15, 0.2) is 0 Å². The van der Waals surface area contributed by atoms with Crippen molar-refractivity contribution >= 4 is 22.9 Å². The van der Waals surface area contributed by atoms with Gasteiger partial charge in [0.2, 0.25) is 5.91 Å². The molecule has 1 aliphatic heterocycles. The Morgan fingerprint density at radius 2 is 2.14 bits per heavy atom. The van der Waals surface area contributed by atoms with E-state index in [1.807, 2.05) is 0 Å². The summed E-state index contributed by atoms with van der Waals surface area (Å²) in [5.74, 6) is -0.235. The van der Waals surface area contributed by atoms with Crippen LogP contribution in [0.4, 0.5) is 4.79 Å². The lowest BCUT2D eigenvalue weighted by molar-refractivity contribution is -0.119. The maximum Gasteiger partial charge on any atom is 0.286 e. The van der Waals surface area contributed by atoms with E-state index < -0.39 is 5.25 Å². The van der Waals surface area contributed by atoms with Crippen molar-refractivity contribution in [2.75, 3.05) is 0 Å². The lowest BCUT2D eigenvalue weighted by atomic mass is 10.1. The van der Waals surface area contributed by atoms with Gasteiger partial charge in [-0.05, 0) is 29.5 Å². The Hall–Kier alpha value is -1.49. The van der Waals surface area contributed by atoms with E-state index in [9.17, 15) is 14.7 Å². The number of aromatic hydroxyl groups is 1. The van der Waals surface area contributed by atoms with Crippen molar-refractivity contribution < 1.29 is 14.7 Å². The van der Waals surface area contributed by atoms with Crippen molar-refractivity contribution in [2.45, 2.75) is 5.25 Å². The lowest BCUT2D eigenvalue weighted by Gasteiger charge is -2.04. The van der Waals surface area contributed by atoms with Crippen LogP contribution < -0.4 is 5.32 Å². The molecule has 2 amide bonds. The number of phenols is 1. The van der Waals surface area contributed by atoms with Crippen LogP contribution in [0.5, 0.6) is 5.75 Å². The fourth-order valence-corrected chi connectivity index (χ4v) is 2.09. The summed E-state index contributed by atoms with van der Waals surface area (Å²) in [5, 5.41) is 10.5. The van der Waals surface area contributed by atoms with Gasteiger partial charge in [-0.3, -0.25) is 14.9 Å². The number of imide groups is 1. The zero-order chi connectivity index (χ0) is 10.1. The Bertz CT molecular complexity index is 405. The maximum atomic E-state index is 11.3. The highest BCUT2D eigenvalue weighted by Crippen LogP contribution is 2.35. The summed E-state index contributed by atoms with van der Waals surface area (Å²) >= 11 is 0.925. The van der Waals surface area contributed by atoms with Crippen molar-refractivity contribution in [3.8, 4) is 5.75 Å². The van der Waals surface area contributed by atoms with E-state index in [1.54, 1.807) is 12.1 Å². The number of amides is 2. The number of hydrogen-bond acceptors (Lipinski definition) is 4. The van der Waals surface area contributed by atoms with E-state index in [0.717, 1.165) is 11.8 Å². The molecular formula is C9H7NO3S. The lowest BCUT2D eigenvalue weighted by Crippen LogP contribution is -2.20. The number of carbonyl (C=O) groups excluding carboxylic acids is 2. The molecule has 4 nitrogen and oxygen atoms in total. The molecule has 2 rings (SSSR count).